The summed E-state index contributed by atoms with van der Waals surface area (Å²) in [6.07, 6.45) is 0. The van der Waals surface area contributed by atoms with Crippen molar-refractivity contribution in [1.29, 1.82) is 0 Å². The third-order valence-corrected chi connectivity index (χ3v) is 11.1. The maximum atomic E-state index is 13.9. The van der Waals surface area contributed by atoms with Gasteiger partial charge in [-0.2, -0.15) is 0 Å². The monoisotopic (exact) mass is 663 g/mol. The second-order valence-electron chi connectivity index (χ2n) is 9.33. The van der Waals surface area contributed by atoms with Gasteiger partial charge in [0.1, 0.15) is 11.8 Å². The van der Waals surface area contributed by atoms with Gasteiger partial charge in [0.05, 0.1) is 36.7 Å². The number of hydrogen-bond acceptors (Lipinski definition) is 6. The summed E-state index contributed by atoms with van der Waals surface area (Å²) < 4.78 is 1.32. The van der Waals surface area contributed by atoms with E-state index in [-0.39, 0.29) is 21.6 Å². The van der Waals surface area contributed by atoms with E-state index in [0.29, 0.717) is 31.9 Å². The van der Waals surface area contributed by atoms with Gasteiger partial charge in [0, 0.05) is 16.5 Å². The standard InChI is InChI=1S/C28H17Cl4N3O4S2/c29-16-10-9-13(11-18(16)31)33-19(36)12-34-27-24(41-28(34)39)20(15-7-4-8-17(30)22(15)32)21-23(40-27)26(38)35(25(21)37)14-5-2-1-3-6-14/h1-11,20-21,23H,12H2,(H,33,36)/t20-,21-,23+/m0/s1. The Labute approximate surface area is 262 Å². The van der Waals surface area contributed by atoms with Crippen molar-refractivity contribution in [2.45, 2.75) is 22.7 Å². The fourth-order valence-electron chi connectivity index (χ4n) is 5.10. The van der Waals surface area contributed by atoms with Crippen LogP contribution in [0.4, 0.5) is 11.4 Å². The minimum absolute atomic E-state index is 0.235. The Balaban J connectivity index is 1.43. The Kier molecular flexibility index (Phi) is 7.69. The zero-order valence-electron chi connectivity index (χ0n) is 20.6. The van der Waals surface area contributed by atoms with Crippen LogP contribution in [0.25, 0.3) is 0 Å². The Bertz CT molecular complexity index is 1790. The molecular formula is C28H17Cl4N3O4S2. The topological polar surface area (TPSA) is 88.5 Å². The Morgan fingerprint density at radius 3 is 2.34 bits per heavy atom. The molecule has 7 nitrogen and oxygen atoms in total. The number of imide groups is 1. The van der Waals surface area contributed by atoms with E-state index in [9.17, 15) is 19.2 Å². The summed E-state index contributed by atoms with van der Waals surface area (Å²) in [5.74, 6) is -2.85. The first-order valence-corrected chi connectivity index (χ1v) is 15.4. The number of fused-ring (bicyclic) bond motifs is 2. The Morgan fingerprint density at radius 2 is 1.61 bits per heavy atom. The van der Waals surface area contributed by atoms with E-state index in [1.807, 2.05) is 0 Å². The summed E-state index contributed by atoms with van der Waals surface area (Å²) in [6.45, 7) is -0.324. The first-order chi connectivity index (χ1) is 19.7. The number of rotatable bonds is 5. The highest BCUT2D eigenvalue weighted by molar-refractivity contribution is 8.00. The lowest BCUT2D eigenvalue weighted by Crippen LogP contribution is -2.33. The fraction of sp³-hybridized carbons (Fsp3) is 0.143. The van der Waals surface area contributed by atoms with E-state index in [2.05, 4.69) is 5.32 Å². The van der Waals surface area contributed by atoms with E-state index in [4.69, 9.17) is 46.4 Å². The number of halogens is 4. The highest BCUT2D eigenvalue weighted by atomic mass is 35.5. The van der Waals surface area contributed by atoms with Crippen molar-refractivity contribution in [2.75, 3.05) is 10.2 Å². The minimum Gasteiger partial charge on any atom is -0.324 e. The molecule has 0 radical (unpaired) electrons. The summed E-state index contributed by atoms with van der Waals surface area (Å²) >= 11 is 27.1. The van der Waals surface area contributed by atoms with Gasteiger partial charge in [-0.15, -0.1) is 0 Å². The summed E-state index contributed by atoms with van der Waals surface area (Å²) in [5, 5.41) is 3.42. The lowest BCUT2D eigenvalue weighted by Gasteiger charge is -2.31. The van der Waals surface area contributed by atoms with Crippen molar-refractivity contribution in [3.63, 3.8) is 0 Å². The van der Waals surface area contributed by atoms with E-state index in [1.54, 1.807) is 60.7 Å². The molecule has 0 saturated carbocycles. The second-order valence-corrected chi connectivity index (χ2v) is 13.1. The number of amides is 3. The third kappa shape index (κ3) is 4.98. The molecule has 2 aliphatic rings. The Hall–Kier alpha value is -2.79. The van der Waals surface area contributed by atoms with Crippen LogP contribution in [0.3, 0.4) is 0 Å². The molecule has 3 aromatic carbocycles. The van der Waals surface area contributed by atoms with Gasteiger partial charge in [0.15, 0.2) is 0 Å². The van der Waals surface area contributed by atoms with Crippen LogP contribution in [0.5, 0.6) is 0 Å². The molecule has 0 spiro atoms. The molecule has 6 rings (SSSR count). The van der Waals surface area contributed by atoms with Gasteiger partial charge >= 0.3 is 4.87 Å². The molecule has 1 fully saturated rings. The normalized spacial score (nSPS) is 19.7. The van der Waals surface area contributed by atoms with Crippen molar-refractivity contribution in [1.82, 2.24) is 4.57 Å². The molecule has 0 aliphatic carbocycles. The highest BCUT2D eigenvalue weighted by Crippen LogP contribution is 2.55. The van der Waals surface area contributed by atoms with Crippen molar-refractivity contribution in [3.8, 4) is 0 Å². The number of anilines is 2. The first kappa shape index (κ1) is 28.3. The van der Waals surface area contributed by atoms with Crippen molar-refractivity contribution >= 4 is 98.6 Å². The number of thioether (sulfide) groups is 1. The number of carbonyl (C=O) groups is 3. The van der Waals surface area contributed by atoms with Crippen LogP contribution < -0.4 is 15.1 Å². The zero-order valence-corrected chi connectivity index (χ0v) is 25.3. The number of hydrogen-bond donors (Lipinski definition) is 1. The zero-order chi connectivity index (χ0) is 29.0. The van der Waals surface area contributed by atoms with Crippen LogP contribution in [-0.4, -0.2) is 27.5 Å². The molecule has 1 N–H and O–H groups in total. The molecule has 208 valence electrons. The Morgan fingerprint density at radius 1 is 0.854 bits per heavy atom. The van der Waals surface area contributed by atoms with E-state index < -0.39 is 39.7 Å². The highest BCUT2D eigenvalue weighted by Gasteiger charge is 2.57. The van der Waals surface area contributed by atoms with Crippen LogP contribution in [0.2, 0.25) is 20.1 Å². The molecule has 13 heteroatoms. The van der Waals surface area contributed by atoms with Gasteiger partial charge in [-0.05, 0) is 42.0 Å². The van der Waals surface area contributed by atoms with Gasteiger partial charge in [-0.1, -0.05) is 99.8 Å². The number of thiazole rings is 1. The van der Waals surface area contributed by atoms with Gasteiger partial charge in [-0.3, -0.25) is 23.7 Å². The molecule has 1 saturated heterocycles. The lowest BCUT2D eigenvalue weighted by atomic mass is 9.83. The number of benzene rings is 3. The average molecular weight is 665 g/mol. The molecule has 2 aliphatic heterocycles. The number of nitrogens with one attached hydrogen (secondary N) is 1. The van der Waals surface area contributed by atoms with E-state index in [0.717, 1.165) is 23.1 Å². The molecular weight excluding hydrogens is 648 g/mol. The molecule has 41 heavy (non-hydrogen) atoms. The number of aromatic nitrogens is 1. The lowest BCUT2D eigenvalue weighted by molar-refractivity contribution is -0.122. The van der Waals surface area contributed by atoms with E-state index in [1.165, 1.54) is 15.5 Å². The van der Waals surface area contributed by atoms with Gasteiger partial charge in [-0.25, -0.2) is 4.90 Å². The average Bonchev–Trinajstić information content (AvgIpc) is 3.39. The first-order valence-electron chi connectivity index (χ1n) is 12.2. The van der Waals surface area contributed by atoms with Crippen LogP contribution in [0.1, 0.15) is 16.4 Å². The fourth-order valence-corrected chi connectivity index (χ4v) is 8.59. The molecule has 3 amide bonds. The molecule has 3 heterocycles. The number of carbonyl (C=O) groups excluding carboxylic acids is 3. The summed E-state index contributed by atoms with van der Waals surface area (Å²) in [7, 11) is 0. The minimum atomic E-state index is -0.853. The smallest absolute Gasteiger partial charge is 0.308 e. The van der Waals surface area contributed by atoms with Gasteiger partial charge < -0.3 is 5.32 Å². The van der Waals surface area contributed by atoms with Crippen LogP contribution in [-0.2, 0) is 20.9 Å². The molecule has 4 aromatic rings. The van der Waals surface area contributed by atoms with Crippen LogP contribution in [0.15, 0.2) is 76.6 Å². The summed E-state index contributed by atoms with van der Waals surface area (Å²) in [6, 6.07) is 18.4. The van der Waals surface area contributed by atoms with Crippen molar-refractivity contribution in [2.24, 2.45) is 5.92 Å². The molecule has 0 unspecified atom stereocenters. The van der Waals surface area contributed by atoms with E-state index >= 15 is 0 Å². The SMILES string of the molecule is O=C(Cn1c2c(sc1=O)[C@@H](c1cccc(Cl)c1Cl)[C@@H]1C(=O)N(c3ccccc3)C(=O)[C@@H]1S2)Nc1ccc(Cl)c(Cl)c1. The van der Waals surface area contributed by atoms with Crippen molar-refractivity contribution < 1.29 is 14.4 Å². The molecule has 1 aromatic heterocycles. The van der Waals surface area contributed by atoms with Crippen LogP contribution in [0, 0.1) is 5.92 Å². The molecule has 3 atom stereocenters. The molecule has 0 bridgehead atoms. The summed E-state index contributed by atoms with van der Waals surface area (Å²) in [4.78, 5) is 55.3. The maximum absolute atomic E-state index is 13.9. The maximum Gasteiger partial charge on any atom is 0.308 e. The number of nitrogens with zero attached hydrogens (tertiary/aromatic N) is 2. The summed E-state index contributed by atoms with van der Waals surface area (Å²) in [5.41, 5.74) is 1.39. The van der Waals surface area contributed by atoms with Crippen molar-refractivity contribution in [3.05, 3.63) is 107 Å². The largest absolute Gasteiger partial charge is 0.324 e. The quantitative estimate of drug-likeness (QED) is 0.233. The van der Waals surface area contributed by atoms with Crippen LogP contribution >= 0.6 is 69.5 Å². The van der Waals surface area contributed by atoms with Gasteiger partial charge in [0.2, 0.25) is 17.7 Å². The predicted molar refractivity (Wildman–Crippen MR) is 164 cm³/mol. The van der Waals surface area contributed by atoms with Gasteiger partial charge in [0.25, 0.3) is 0 Å². The number of para-hydroxylation sites is 1. The predicted octanol–water partition coefficient (Wildman–Crippen LogP) is 6.96. The third-order valence-electron chi connectivity index (χ3n) is 6.89. The second kappa shape index (κ2) is 11.1.